The highest BCUT2D eigenvalue weighted by molar-refractivity contribution is 9.09. The number of likely N-dealkylation sites (tertiary alicyclic amines) is 1. The van der Waals surface area contributed by atoms with Crippen LogP contribution in [-0.4, -0.2) is 69.6 Å². The van der Waals surface area contributed by atoms with Crippen molar-refractivity contribution in [2.45, 2.75) is 69.2 Å². The molecule has 0 aliphatic carbocycles. The van der Waals surface area contributed by atoms with Gasteiger partial charge in [0.1, 0.15) is 11.6 Å². The zero-order valence-corrected chi connectivity index (χ0v) is 22.6. The highest BCUT2D eigenvalue weighted by Gasteiger charge is 2.77. The lowest BCUT2D eigenvalue weighted by Crippen LogP contribution is -2.57. The van der Waals surface area contributed by atoms with Gasteiger partial charge in [0.25, 0.3) is 0 Å². The van der Waals surface area contributed by atoms with Gasteiger partial charge in [0.2, 0.25) is 11.8 Å². The molecule has 1 aromatic rings. The van der Waals surface area contributed by atoms with Gasteiger partial charge in [-0.25, -0.2) is 0 Å². The maximum Gasteiger partial charge on any atom is 0.312 e. The summed E-state index contributed by atoms with van der Waals surface area (Å²) in [5.41, 5.74) is 0.00389. The summed E-state index contributed by atoms with van der Waals surface area (Å²) in [5, 5.41) is 13.6. The van der Waals surface area contributed by atoms with Gasteiger partial charge in [0.05, 0.1) is 47.9 Å². The number of hydrogen-bond acceptors (Lipinski definition) is 6. The number of benzene rings is 1. The molecule has 3 aliphatic heterocycles. The Morgan fingerprint density at radius 3 is 2.71 bits per heavy atom. The largest absolute Gasteiger partial charge is 0.466 e. The summed E-state index contributed by atoms with van der Waals surface area (Å²) >= 11 is 10.0. The lowest BCUT2D eigenvalue weighted by molar-refractivity contribution is -0.155. The van der Waals surface area contributed by atoms with Gasteiger partial charge in [-0.3, -0.25) is 14.4 Å². The molecule has 0 radical (unpaired) electrons. The number of rotatable bonds is 8. The van der Waals surface area contributed by atoms with E-state index in [-0.39, 0.29) is 29.9 Å². The number of esters is 1. The third-order valence-corrected chi connectivity index (χ3v) is 9.01. The van der Waals surface area contributed by atoms with Crippen LogP contribution in [0, 0.1) is 24.7 Å². The third kappa shape index (κ3) is 4.08. The van der Waals surface area contributed by atoms with Gasteiger partial charge in [-0.15, -0.1) is 0 Å². The maximum atomic E-state index is 14.0. The van der Waals surface area contributed by atoms with Crippen LogP contribution >= 0.6 is 27.5 Å². The predicted octanol–water partition coefficient (Wildman–Crippen LogP) is 3.31. The number of nitrogens with one attached hydrogen (secondary N) is 1. The van der Waals surface area contributed by atoms with E-state index < -0.39 is 47.5 Å². The zero-order chi connectivity index (χ0) is 25.7. The van der Waals surface area contributed by atoms with Gasteiger partial charge < -0.3 is 24.8 Å². The summed E-state index contributed by atoms with van der Waals surface area (Å²) in [7, 11) is 0. The summed E-state index contributed by atoms with van der Waals surface area (Å²) in [6.45, 7) is 7.30. The van der Waals surface area contributed by atoms with Gasteiger partial charge in [0.15, 0.2) is 0 Å². The number of hydrogen-bond donors (Lipinski definition) is 2. The molecular formula is C25H32BrClN2O6. The van der Waals surface area contributed by atoms with E-state index in [1.807, 2.05) is 26.8 Å². The summed E-state index contributed by atoms with van der Waals surface area (Å²) in [4.78, 5) is 42.2. The SMILES string of the molecule is CCOC(=O)[C@H]1[C@H]2C(=O)N([C@@H](CO)[C@@H](C)CC)C(C(=O)Nc3c(C)cccc3Cl)C23CC(Br)[C@@H]1O3. The number of amides is 2. The molecular weight excluding hydrogens is 540 g/mol. The van der Waals surface area contributed by atoms with Crippen molar-refractivity contribution in [1.29, 1.82) is 0 Å². The number of aliphatic hydroxyl groups excluding tert-OH is 1. The van der Waals surface area contributed by atoms with Gasteiger partial charge in [-0.1, -0.05) is 59.9 Å². The Kier molecular flexibility index (Phi) is 7.53. The molecule has 2 bridgehead atoms. The number of aliphatic hydroxyl groups is 1. The van der Waals surface area contributed by atoms with Crippen molar-refractivity contribution < 1.29 is 29.0 Å². The molecule has 35 heavy (non-hydrogen) atoms. The molecule has 3 heterocycles. The number of aryl methyl sites for hydroxylation is 1. The van der Waals surface area contributed by atoms with Crippen LogP contribution in [0.25, 0.3) is 0 Å². The highest BCUT2D eigenvalue weighted by Crippen LogP contribution is 2.60. The molecule has 10 heteroatoms. The second-order valence-electron chi connectivity index (χ2n) is 9.72. The molecule has 8 nitrogen and oxygen atoms in total. The summed E-state index contributed by atoms with van der Waals surface area (Å²) in [6, 6.07) is 3.64. The minimum absolute atomic E-state index is 0.0884. The fourth-order valence-electron chi connectivity index (χ4n) is 6.03. The molecule has 1 aromatic carbocycles. The van der Waals surface area contributed by atoms with Crippen molar-refractivity contribution in [3.8, 4) is 0 Å². The van der Waals surface area contributed by atoms with E-state index in [1.165, 1.54) is 4.90 Å². The molecule has 3 saturated heterocycles. The minimum atomic E-state index is -1.23. The standard InChI is InChI=1S/C25H32BrClN2O6/c1-5-12(3)16(11-30)29-21(22(31)28-19-13(4)8-7-9-15(19)27)25-10-14(26)20(35-25)17(18(25)23(29)32)24(33)34-6-2/h7-9,12,14,16-18,20-21,30H,5-6,10-11H2,1-4H3,(H,28,31)/t12-,14?,16-,17-,18-,20-,21?,25?/m0/s1. The number of anilines is 1. The normalized spacial score (nSPS) is 32.9. The van der Waals surface area contributed by atoms with Gasteiger partial charge in [-0.05, 0) is 37.8 Å². The molecule has 3 aliphatic rings. The Morgan fingerprint density at radius 2 is 2.11 bits per heavy atom. The number of para-hydroxylation sites is 1. The van der Waals surface area contributed by atoms with Crippen molar-refractivity contribution in [2.75, 3.05) is 18.5 Å². The average molecular weight is 572 g/mol. The van der Waals surface area contributed by atoms with E-state index in [4.69, 9.17) is 21.1 Å². The summed E-state index contributed by atoms with van der Waals surface area (Å²) < 4.78 is 11.7. The van der Waals surface area contributed by atoms with E-state index in [0.29, 0.717) is 23.6 Å². The number of halogens is 2. The topological polar surface area (TPSA) is 105 Å². The minimum Gasteiger partial charge on any atom is -0.466 e. The zero-order valence-electron chi connectivity index (χ0n) is 20.3. The molecule has 2 N–H and O–H groups in total. The van der Waals surface area contributed by atoms with E-state index >= 15 is 0 Å². The Labute approximate surface area is 218 Å². The number of carbonyl (C=O) groups excluding carboxylic acids is 3. The summed E-state index contributed by atoms with van der Waals surface area (Å²) in [6.07, 6.45) is 0.480. The van der Waals surface area contributed by atoms with Gasteiger partial charge >= 0.3 is 5.97 Å². The first-order valence-corrected chi connectivity index (χ1v) is 13.4. The van der Waals surface area contributed by atoms with Crippen LogP contribution in [0.2, 0.25) is 5.02 Å². The van der Waals surface area contributed by atoms with Crippen LogP contribution in [-0.2, 0) is 23.9 Å². The smallest absolute Gasteiger partial charge is 0.312 e. The molecule has 0 saturated carbocycles. The van der Waals surface area contributed by atoms with Crippen LogP contribution in [0.4, 0.5) is 5.69 Å². The number of carbonyl (C=O) groups is 3. The fraction of sp³-hybridized carbons (Fsp3) is 0.640. The monoisotopic (exact) mass is 570 g/mol. The van der Waals surface area contributed by atoms with E-state index in [0.717, 1.165) is 5.56 Å². The second-order valence-corrected chi connectivity index (χ2v) is 11.3. The third-order valence-electron chi connectivity index (χ3n) is 7.85. The highest BCUT2D eigenvalue weighted by atomic mass is 79.9. The van der Waals surface area contributed by atoms with Crippen molar-refractivity contribution in [3.05, 3.63) is 28.8 Å². The van der Waals surface area contributed by atoms with Crippen molar-refractivity contribution in [3.63, 3.8) is 0 Å². The Bertz CT molecular complexity index is 1000. The predicted molar refractivity (Wildman–Crippen MR) is 134 cm³/mol. The molecule has 192 valence electrons. The average Bonchev–Trinajstić information content (AvgIpc) is 3.40. The van der Waals surface area contributed by atoms with Crippen LogP contribution in [0.15, 0.2) is 18.2 Å². The molecule has 3 unspecified atom stereocenters. The number of fused-ring (bicyclic) bond motifs is 1. The Hall–Kier alpha value is -1.68. The first-order chi connectivity index (χ1) is 16.6. The van der Waals surface area contributed by atoms with Crippen LogP contribution in [0.1, 0.15) is 39.2 Å². The Morgan fingerprint density at radius 1 is 1.40 bits per heavy atom. The van der Waals surface area contributed by atoms with Gasteiger partial charge in [-0.2, -0.15) is 0 Å². The molecule has 4 rings (SSSR count). The van der Waals surface area contributed by atoms with Crippen LogP contribution < -0.4 is 5.32 Å². The molecule has 8 atom stereocenters. The van der Waals surface area contributed by atoms with Crippen molar-refractivity contribution in [1.82, 2.24) is 4.90 Å². The van der Waals surface area contributed by atoms with Crippen molar-refractivity contribution >= 4 is 51.0 Å². The first-order valence-electron chi connectivity index (χ1n) is 12.1. The first kappa shape index (κ1) is 26.4. The maximum absolute atomic E-state index is 14.0. The molecule has 2 amide bonds. The van der Waals surface area contributed by atoms with Gasteiger partial charge in [0, 0.05) is 4.83 Å². The lowest BCUT2D eigenvalue weighted by Gasteiger charge is -2.38. The molecule has 0 aromatic heterocycles. The number of alkyl halides is 1. The molecule has 1 spiro atoms. The molecule has 3 fully saturated rings. The lowest BCUT2D eigenvalue weighted by atomic mass is 9.70. The number of ether oxygens (including phenoxy) is 2. The number of nitrogens with zero attached hydrogens (tertiary/aromatic N) is 1. The van der Waals surface area contributed by atoms with E-state index in [2.05, 4.69) is 21.2 Å². The van der Waals surface area contributed by atoms with Crippen LogP contribution in [0.3, 0.4) is 0 Å². The Balaban J connectivity index is 1.81. The summed E-state index contributed by atoms with van der Waals surface area (Å²) in [5.74, 6) is -3.12. The quantitative estimate of drug-likeness (QED) is 0.367. The van der Waals surface area contributed by atoms with Crippen molar-refractivity contribution in [2.24, 2.45) is 17.8 Å². The van der Waals surface area contributed by atoms with E-state index in [1.54, 1.807) is 19.1 Å². The van der Waals surface area contributed by atoms with E-state index in [9.17, 15) is 19.5 Å². The fourth-order valence-corrected chi connectivity index (χ4v) is 7.24. The van der Waals surface area contributed by atoms with Crippen LogP contribution in [0.5, 0.6) is 0 Å². The second kappa shape index (κ2) is 10.00.